The fourth-order valence-electron chi connectivity index (χ4n) is 8.64. The summed E-state index contributed by atoms with van der Waals surface area (Å²) in [4.78, 5) is 5.36. The second kappa shape index (κ2) is 12.3. The molecule has 0 amide bonds. The van der Waals surface area contributed by atoms with E-state index in [4.69, 9.17) is 4.98 Å². The van der Waals surface area contributed by atoms with E-state index in [1.807, 2.05) is 24.3 Å². The first-order valence-corrected chi connectivity index (χ1v) is 18.4. The van der Waals surface area contributed by atoms with Crippen LogP contribution in [0.2, 0.25) is 0 Å². The average Bonchev–Trinajstić information content (AvgIpc) is 3.69. The number of hydrogen-bond acceptors (Lipinski definition) is 2. The molecule has 0 radical (unpaired) electrons. The van der Waals surface area contributed by atoms with E-state index < -0.39 is 0 Å². The third-order valence-corrected chi connectivity index (χ3v) is 11.2. The van der Waals surface area contributed by atoms with E-state index in [0.29, 0.717) is 5.56 Å². The molecule has 254 valence electrons. The summed E-state index contributed by atoms with van der Waals surface area (Å²) in [6, 6.07) is 64.6. The van der Waals surface area contributed by atoms with Gasteiger partial charge in [0, 0.05) is 33.0 Å². The number of rotatable bonds is 5. The van der Waals surface area contributed by atoms with Gasteiger partial charge in [0.25, 0.3) is 0 Å². The molecule has 2 aromatic heterocycles. The SMILES string of the molecule is CC1(C)c2ccccc2-c2ccc3c4ccccc4n(-c4cc(-c5cccc(C#N)c5)cc(-c5cc(-c6ccccc6)cc(-c6ccccc6)n5)c4)c3c21. The number of hydrogen-bond donors (Lipinski definition) is 0. The normalized spacial score (nSPS) is 12.8. The Kier molecular flexibility index (Phi) is 7.22. The Labute approximate surface area is 315 Å². The summed E-state index contributed by atoms with van der Waals surface area (Å²) in [6.45, 7) is 4.72. The summed E-state index contributed by atoms with van der Waals surface area (Å²) in [5.74, 6) is 0. The summed E-state index contributed by atoms with van der Waals surface area (Å²) in [5.41, 5.74) is 17.2. The van der Waals surface area contributed by atoms with Crippen LogP contribution in [0, 0.1) is 11.3 Å². The Morgan fingerprint density at radius 3 is 1.94 bits per heavy atom. The number of nitriles is 1. The Balaban J connectivity index is 1.30. The maximum atomic E-state index is 9.91. The van der Waals surface area contributed by atoms with Gasteiger partial charge in [-0.15, -0.1) is 0 Å². The standard InChI is InChI=1S/C51H35N3/c1-51(2)45-22-11-9-20-41(45)43-24-25-44-42-21-10-12-23-48(42)54(50(44)49(43)51)40-28-37(36-19-13-14-33(26-36)32-52)27-39(29-40)47-31-38(34-15-5-3-6-16-34)30-46(53-47)35-17-7-4-8-18-35/h3-31H,1-2H3. The number of nitrogens with zero attached hydrogens (tertiary/aromatic N) is 3. The predicted octanol–water partition coefficient (Wildman–Crippen LogP) is 13.0. The second-order valence-corrected chi connectivity index (χ2v) is 14.7. The van der Waals surface area contributed by atoms with Crippen LogP contribution in [0.25, 0.3) is 83.4 Å². The van der Waals surface area contributed by atoms with Crippen molar-refractivity contribution in [1.29, 1.82) is 5.26 Å². The maximum Gasteiger partial charge on any atom is 0.0991 e. The van der Waals surface area contributed by atoms with Gasteiger partial charge < -0.3 is 4.57 Å². The van der Waals surface area contributed by atoms with Crippen LogP contribution in [0.5, 0.6) is 0 Å². The monoisotopic (exact) mass is 689 g/mol. The Bertz CT molecular complexity index is 2900. The number of fused-ring (bicyclic) bond motifs is 7. The lowest BCUT2D eigenvalue weighted by atomic mass is 9.81. The zero-order chi connectivity index (χ0) is 36.4. The van der Waals surface area contributed by atoms with Crippen molar-refractivity contribution >= 4 is 21.8 Å². The molecule has 7 aromatic carbocycles. The third kappa shape index (κ3) is 4.99. The smallest absolute Gasteiger partial charge is 0.0991 e. The van der Waals surface area contributed by atoms with Crippen LogP contribution in [0.15, 0.2) is 176 Å². The molecule has 3 nitrogen and oxygen atoms in total. The fourth-order valence-corrected chi connectivity index (χ4v) is 8.64. The molecule has 0 saturated heterocycles. The summed E-state index contributed by atoms with van der Waals surface area (Å²) in [6.07, 6.45) is 0. The molecule has 0 spiro atoms. The van der Waals surface area contributed by atoms with Gasteiger partial charge in [0.15, 0.2) is 0 Å². The van der Waals surface area contributed by atoms with Crippen molar-refractivity contribution < 1.29 is 0 Å². The number of aromatic nitrogens is 2. The fraction of sp³-hybridized carbons (Fsp3) is 0.0588. The first-order chi connectivity index (χ1) is 26.5. The minimum absolute atomic E-state index is 0.213. The van der Waals surface area contributed by atoms with E-state index >= 15 is 0 Å². The molecule has 2 heterocycles. The van der Waals surface area contributed by atoms with Crippen molar-refractivity contribution in [3.63, 3.8) is 0 Å². The van der Waals surface area contributed by atoms with Crippen LogP contribution in [-0.2, 0) is 5.41 Å². The summed E-state index contributed by atoms with van der Waals surface area (Å²) in [5, 5.41) is 12.4. The topological polar surface area (TPSA) is 41.6 Å². The van der Waals surface area contributed by atoms with Crippen molar-refractivity contribution in [1.82, 2.24) is 9.55 Å². The molecule has 9 aromatic rings. The first-order valence-electron chi connectivity index (χ1n) is 18.4. The molecule has 54 heavy (non-hydrogen) atoms. The van der Waals surface area contributed by atoms with E-state index in [2.05, 4.69) is 176 Å². The van der Waals surface area contributed by atoms with Crippen LogP contribution in [-0.4, -0.2) is 9.55 Å². The van der Waals surface area contributed by atoms with Gasteiger partial charge in [0.05, 0.1) is 34.1 Å². The molecule has 1 aliphatic rings. The quantitative estimate of drug-likeness (QED) is 0.180. The highest BCUT2D eigenvalue weighted by molar-refractivity contribution is 6.13. The molecular weight excluding hydrogens is 655 g/mol. The van der Waals surface area contributed by atoms with Gasteiger partial charge in [0.1, 0.15) is 0 Å². The van der Waals surface area contributed by atoms with Gasteiger partial charge in [0.2, 0.25) is 0 Å². The van der Waals surface area contributed by atoms with Crippen molar-refractivity contribution in [3.8, 4) is 67.7 Å². The molecule has 0 unspecified atom stereocenters. The Hall–Kier alpha value is -7.02. The van der Waals surface area contributed by atoms with E-state index in [0.717, 1.165) is 56.0 Å². The van der Waals surface area contributed by atoms with Crippen LogP contribution in [0.3, 0.4) is 0 Å². The highest BCUT2D eigenvalue weighted by Crippen LogP contribution is 2.53. The average molecular weight is 690 g/mol. The van der Waals surface area contributed by atoms with Crippen molar-refractivity contribution in [2.24, 2.45) is 0 Å². The highest BCUT2D eigenvalue weighted by atomic mass is 15.0. The van der Waals surface area contributed by atoms with E-state index in [-0.39, 0.29) is 5.41 Å². The molecule has 1 aliphatic carbocycles. The molecule has 0 aliphatic heterocycles. The molecule has 0 saturated carbocycles. The highest BCUT2D eigenvalue weighted by Gasteiger charge is 2.38. The summed E-state index contributed by atoms with van der Waals surface area (Å²) in [7, 11) is 0. The van der Waals surface area contributed by atoms with Crippen molar-refractivity contribution in [3.05, 3.63) is 193 Å². The van der Waals surface area contributed by atoms with Gasteiger partial charge in [-0.05, 0) is 93.0 Å². The van der Waals surface area contributed by atoms with Crippen molar-refractivity contribution in [2.45, 2.75) is 19.3 Å². The van der Waals surface area contributed by atoms with Crippen LogP contribution >= 0.6 is 0 Å². The molecule has 0 atom stereocenters. The Morgan fingerprint density at radius 1 is 0.500 bits per heavy atom. The molecule has 3 heteroatoms. The van der Waals surface area contributed by atoms with Gasteiger partial charge >= 0.3 is 0 Å². The molecule has 10 rings (SSSR count). The van der Waals surface area contributed by atoms with Crippen molar-refractivity contribution in [2.75, 3.05) is 0 Å². The third-order valence-electron chi connectivity index (χ3n) is 11.2. The zero-order valence-corrected chi connectivity index (χ0v) is 30.1. The van der Waals surface area contributed by atoms with Gasteiger partial charge in [-0.3, -0.25) is 0 Å². The summed E-state index contributed by atoms with van der Waals surface area (Å²) < 4.78 is 2.47. The second-order valence-electron chi connectivity index (χ2n) is 14.7. The van der Waals surface area contributed by atoms with Gasteiger partial charge in [-0.25, -0.2) is 4.98 Å². The van der Waals surface area contributed by atoms with Crippen LogP contribution < -0.4 is 0 Å². The van der Waals surface area contributed by atoms with Crippen LogP contribution in [0.4, 0.5) is 0 Å². The van der Waals surface area contributed by atoms with Gasteiger partial charge in [-0.2, -0.15) is 5.26 Å². The summed E-state index contributed by atoms with van der Waals surface area (Å²) >= 11 is 0. The molecule has 0 bridgehead atoms. The maximum absolute atomic E-state index is 9.91. The minimum Gasteiger partial charge on any atom is -0.309 e. The van der Waals surface area contributed by atoms with Gasteiger partial charge in [-0.1, -0.05) is 141 Å². The molecular formula is C51H35N3. The van der Waals surface area contributed by atoms with E-state index in [9.17, 15) is 5.26 Å². The molecule has 0 N–H and O–H groups in total. The lowest BCUT2D eigenvalue weighted by molar-refractivity contribution is 0.664. The lowest BCUT2D eigenvalue weighted by Crippen LogP contribution is -2.16. The first kappa shape index (κ1) is 31.7. The number of benzene rings is 7. The zero-order valence-electron chi connectivity index (χ0n) is 30.1. The predicted molar refractivity (Wildman–Crippen MR) is 223 cm³/mol. The number of pyridine rings is 1. The minimum atomic E-state index is -0.213. The lowest BCUT2D eigenvalue weighted by Gasteiger charge is -2.24. The van der Waals surface area contributed by atoms with Crippen LogP contribution in [0.1, 0.15) is 30.5 Å². The Morgan fingerprint density at radius 2 is 1.15 bits per heavy atom. The molecule has 0 fully saturated rings. The largest absolute Gasteiger partial charge is 0.309 e. The number of para-hydroxylation sites is 1. The van der Waals surface area contributed by atoms with E-state index in [1.54, 1.807) is 0 Å². The van der Waals surface area contributed by atoms with E-state index in [1.165, 1.54) is 38.5 Å².